The van der Waals surface area contributed by atoms with E-state index in [0.29, 0.717) is 17.7 Å². The predicted octanol–water partition coefficient (Wildman–Crippen LogP) is 2.10. The van der Waals surface area contributed by atoms with Gasteiger partial charge in [-0.2, -0.15) is 8.78 Å². The van der Waals surface area contributed by atoms with Crippen molar-refractivity contribution in [3.8, 4) is 0 Å². The molecule has 1 saturated heterocycles. The zero-order valence-corrected chi connectivity index (χ0v) is 13.7. The van der Waals surface area contributed by atoms with Crippen LogP contribution < -0.4 is 5.32 Å². The van der Waals surface area contributed by atoms with Gasteiger partial charge in [0.05, 0.1) is 6.54 Å². The number of hydrogen-bond acceptors (Lipinski definition) is 3. The molecular weight excluding hydrogens is 304 g/mol. The highest BCUT2D eigenvalue weighted by Gasteiger charge is 2.16. The van der Waals surface area contributed by atoms with Gasteiger partial charge in [-0.15, -0.1) is 0 Å². The SMILES string of the molecule is CN=C(NCc1nccn1C(F)F)N(C)CCC1CCOCC1. The first-order chi connectivity index (χ1) is 11.1. The molecule has 0 aromatic carbocycles. The molecule has 1 fully saturated rings. The van der Waals surface area contributed by atoms with E-state index in [4.69, 9.17) is 4.74 Å². The van der Waals surface area contributed by atoms with E-state index in [1.165, 1.54) is 12.4 Å². The summed E-state index contributed by atoms with van der Waals surface area (Å²) in [6, 6.07) is 0. The van der Waals surface area contributed by atoms with Crippen molar-refractivity contribution in [2.24, 2.45) is 10.9 Å². The number of nitrogens with zero attached hydrogens (tertiary/aromatic N) is 4. The van der Waals surface area contributed by atoms with Crippen molar-refractivity contribution < 1.29 is 13.5 Å². The second-order valence-corrected chi connectivity index (χ2v) is 5.70. The molecule has 8 heteroatoms. The number of nitrogens with one attached hydrogen (secondary N) is 1. The van der Waals surface area contributed by atoms with Crippen LogP contribution in [0, 0.1) is 5.92 Å². The number of halogens is 2. The highest BCUT2D eigenvalue weighted by Crippen LogP contribution is 2.18. The van der Waals surface area contributed by atoms with Crippen LogP contribution >= 0.6 is 0 Å². The number of hydrogen-bond donors (Lipinski definition) is 1. The molecule has 1 aliphatic heterocycles. The first-order valence-electron chi connectivity index (χ1n) is 7.91. The molecule has 0 radical (unpaired) electrons. The summed E-state index contributed by atoms with van der Waals surface area (Å²) < 4.78 is 31.8. The van der Waals surface area contributed by atoms with Crippen LogP contribution in [0.15, 0.2) is 17.4 Å². The molecule has 0 unspecified atom stereocenters. The lowest BCUT2D eigenvalue weighted by Crippen LogP contribution is -2.40. The van der Waals surface area contributed by atoms with E-state index in [0.717, 1.165) is 43.6 Å². The van der Waals surface area contributed by atoms with Gasteiger partial charge in [0, 0.05) is 46.2 Å². The molecule has 1 aromatic rings. The molecular formula is C15H25F2N5O. The van der Waals surface area contributed by atoms with Crippen LogP contribution in [0.5, 0.6) is 0 Å². The molecule has 23 heavy (non-hydrogen) atoms. The average Bonchev–Trinajstić information content (AvgIpc) is 3.03. The topological polar surface area (TPSA) is 54.7 Å². The largest absolute Gasteiger partial charge is 0.381 e. The van der Waals surface area contributed by atoms with Gasteiger partial charge in [-0.1, -0.05) is 0 Å². The molecule has 0 spiro atoms. The number of aliphatic imine (C=N–C) groups is 1. The van der Waals surface area contributed by atoms with E-state index < -0.39 is 6.55 Å². The summed E-state index contributed by atoms with van der Waals surface area (Å²) >= 11 is 0. The Labute approximate surface area is 135 Å². The zero-order valence-electron chi connectivity index (χ0n) is 13.7. The molecule has 130 valence electrons. The first kappa shape index (κ1) is 17.7. The van der Waals surface area contributed by atoms with Gasteiger partial charge in [0.1, 0.15) is 5.82 Å². The Bertz CT molecular complexity index is 500. The van der Waals surface area contributed by atoms with E-state index in [1.54, 1.807) is 7.05 Å². The number of alkyl halides is 2. The van der Waals surface area contributed by atoms with Gasteiger partial charge >= 0.3 is 6.55 Å². The van der Waals surface area contributed by atoms with Crippen molar-refractivity contribution in [3.05, 3.63) is 18.2 Å². The van der Waals surface area contributed by atoms with Crippen LogP contribution in [0.25, 0.3) is 0 Å². The molecule has 0 saturated carbocycles. The van der Waals surface area contributed by atoms with Gasteiger partial charge in [0.15, 0.2) is 5.96 Å². The monoisotopic (exact) mass is 329 g/mol. The van der Waals surface area contributed by atoms with Gasteiger partial charge in [0.25, 0.3) is 0 Å². The Morgan fingerprint density at radius 2 is 2.26 bits per heavy atom. The number of rotatable bonds is 6. The van der Waals surface area contributed by atoms with Gasteiger partial charge in [0.2, 0.25) is 0 Å². The summed E-state index contributed by atoms with van der Waals surface area (Å²) in [6.45, 7) is 0.191. The average molecular weight is 329 g/mol. The summed E-state index contributed by atoms with van der Waals surface area (Å²) in [4.78, 5) is 10.2. The van der Waals surface area contributed by atoms with Gasteiger partial charge in [-0.05, 0) is 25.2 Å². The number of imidazole rings is 1. The number of aromatic nitrogens is 2. The van der Waals surface area contributed by atoms with Gasteiger partial charge in [-0.3, -0.25) is 9.56 Å². The van der Waals surface area contributed by atoms with E-state index in [2.05, 4.69) is 15.3 Å². The van der Waals surface area contributed by atoms with Crippen LogP contribution in [0.4, 0.5) is 8.78 Å². The molecule has 1 N–H and O–H groups in total. The molecule has 0 atom stereocenters. The third-order valence-electron chi connectivity index (χ3n) is 4.15. The minimum absolute atomic E-state index is 0.214. The molecule has 6 nitrogen and oxygen atoms in total. The summed E-state index contributed by atoms with van der Waals surface area (Å²) in [7, 11) is 3.64. The Morgan fingerprint density at radius 3 is 2.91 bits per heavy atom. The molecule has 1 aromatic heterocycles. The van der Waals surface area contributed by atoms with Crippen LogP contribution in [0.2, 0.25) is 0 Å². The van der Waals surface area contributed by atoms with Crippen LogP contribution in [0.1, 0.15) is 31.6 Å². The molecule has 0 bridgehead atoms. The number of guanidine groups is 1. The predicted molar refractivity (Wildman–Crippen MR) is 84.5 cm³/mol. The normalized spacial score (nSPS) is 16.8. The lowest BCUT2D eigenvalue weighted by atomic mass is 9.96. The van der Waals surface area contributed by atoms with Crippen LogP contribution in [0.3, 0.4) is 0 Å². The zero-order chi connectivity index (χ0) is 16.7. The van der Waals surface area contributed by atoms with Crippen molar-refractivity contribution >= 4 is 5.96 Å². The standard InChI is InChI=1S/C15H25F2N5O/c1-18-15(20-11-13-19-6-8-22(13)14(16)17)21(2)7-3-12-4-9-23-10-5-12/h6,8,12,14H,3-5,7,9-11H2,1-2H3,(H,18,20). The minimum atomic E-state index is -2.58. The maximum absolute atomic E-state index is 12.8. The summed E-state index contributed by atoms with van der Waals surface area (Å²) in [6.07, 6.45) is 5.93. The smallest absolute Gasteiger partial charge is 0.319 e. The van der Waals surface area contributed by atoms with Crippen molar-refractivity contribution in [2.75, 3.05) is 33.9 Å². The Kier molecular flexibility index (Phi) is 6.76. The summed E-state index contributed by atoms with van der Waals surface area (Å²) in [5.74, 6) is 1.65. The first-order valence-corrected chi connectivity index (χ1v) is 7.91. The fourth-order valence-electron chi connectivity index (χ4n) is 2.72. The van der Waals surface area contributed by atoms with Crippen LogP contribution in [-0.2, 0) is 11.3 Å². The van der Waals surface area contributed by atoms with E-state index in [9.17, 15) is 8.78 Å². The van der Waals surface area contributed by atoms with Crippen LogP contribution in [-0.4, -0.2) is 54.3 Å². The Hall–Kier alpha value is -1.70. The van der Waals surface area contributed by atoms with E-state index in [-0.39, 0.29) is 6.54 Å². The van der Waals surface area contributed by atoms with Gasteiger partial charge < -0.3 is 15.0 Å². The lowest BCUT2D eigenvalue weighted by Gasteiger charge is -2.26. The molecule has 0 amide bonds. The maximum atomic E-state index is 12.8. The van der Waals surface area contributed by atoms with Crippen molar-refractivity contribution in [2.45, 2.75) is 32.4 Å². The van der Waals surface area contributed by atoms with Crippen molar-refractivity contribution in [3.63, 3.8) is 0 Å². The maximum Gasteiger partial charge on any atom is 0.319 e. The molecule has 2 rings (SSSR count). The summed E-state index contributed by atoms with van der Waals surface area (Å²) in [5.41, 5.74) is 0. The van der Waals surface area contributed by atoms with Gasteiger partial charge in [-0.25, -0.2) is 4.98 Å². The fourth-order valence-corrected chi connectivity index (χ4v) is 2.72. The lowest BCUT2D eigenvalue weighted by molar-refractivity contribution is 0.0624. The molecule has 0 aliphatic carbocycles. The fraction of sp³-hybridized carbons (Fsp3) is 0.733. The van der Waals surface area contributed by atoms with E-state index >= 15 is 0 Å². The Balaban J connectivity index is 1.80. The number of ether oxygens (including phenoxy) is 1. The third-order valence-corrected chi connectivity index (χ3v) is 4.15. The third kappa shape index (κ3) is 5.16. The molecule has 2 heterocycles. The summed E-state index contributed by atoms with van der Waals surface area (Å²) in [5, 5.41) is 3.09. The quantitative estimate of drug-likeness (QED) is 0.641. The van der Waals surface area contributed by atoms with Crippen molar-refractivity contribution in [1.29, 1.82) is 0 Å². The van der Waals surface area contributed by atoms with E-state index in [1.807, 2.05) is 11.9 Å². The second-order valence-electron chi connectivity index (χ2n) is 5.70. The Morgan fingerprint density at radius 1 is 1.52 bits per heavy atom. The van der Waals surface area contributed by atoms with Crippen molar-refractivity contribution in [1.82, 2.24) is 19.8 Å². The highest BCUT2D eigenvalue weighted by atomic mass is 19.3. The minimum Gasteiger partial charge on any atom is -0.381 e. The highest BCUT2D eigenvalue weighted by molar-refractivity contribution is 5.79. The second kappa shape index (κ2) is 8.81. The molecule has 1 aliphatic rings.